The number of aromatic nitrogens is 1. The Balaban J connectivity index is 1.56. The van der Waals surface area contributed by atoms with Gasteiger partial charge in [-0.2, -0.15) is 11.3 Å². The molecular formula is C18H16N2O3S2. The maximum atomic E-state index is 11.9. The third-order valence-electron chi connectivity index (χ3n) is 3.38. The standard InChI is InChI=1S/C18H16N2O3S2/c1-11-7-12(2)17-14(8-11)25-18(20-17)19-15(21)9-23-16(22)4-3-13-5-6-24-10-13/h3-8,10H,9H2,1-2H3,(H,19,20,21)/b4-3+. The van der Waals surface area contributed by atoms with E-state index in [1.165, 1.54) is 17.4 Å². The number of thiazole rings is 1. The van der Waals surface area contributed by atoms with Crippen molar-refractivity contribution in [2.24, 2.45) is 0 Å². The molecule has 0 aliphatic heterocycles. The molecule has 7 heteroatoms. The summed E-state index contributed by atoms with van der Waals surface area (Å²) in [6.45, 7) is 3.66. The lowest BCUT2D eigenvalue weighted by molar-refractivity contribution is -0.142. The summed E-state index contributed by atoms with van der Waals surface area (Å²) in [4.78, 5) is 28.0. The number of nitrogens with zero attached hydrogens (tertiary/aromatic N) is 1. The van der Waals surface area contributed by atoms with Gasteiger partial charge in [0.1, 0.15) is 0 Å². The van der Waals surface area contributed by atoms with Crippen molar-refractivity contribution in [1.82, 2.24) is 4.98 Å². The van der Waals surface area contributed by atoms with Crippen LogP contribution < -0.4 is 5.32 Å². The molecule has 1 amide bonds. The van der Waals surface area contributed by atoms with Crippen LogP contribution in [-0.4, -0.2) is 23.5 Å². The Hall–Kier alpha value is -2.51. The van der Waals surface area contributed by atoms with Crippen molar-refractivity contribution in [3.8, 4) is 0 Å². The van der Waals surface area contributed by atoms with Gasteiger partial charge >= 0.3 is 5.97 Å². The van der Waals surface area contributed by atoms with Gasteiger partial charge in [0.15, 0.2) is 11.7 Å². The second-order valence-corrected chi connectivity index (χ2v) is 7.30. The highest BCUT2D eigenvalue weighted by molar-refractivity contribution is 7.22. The fourth-order valence-corrected chi connectivity index (χ4v) is 3.99. The van der Waals surface area contributed by atoms with E-state index in [1.54, 1.807) is 17.4 Å². The highest BCUT2D eigenvalue weighted by atomic mass is 32.1. The number of ether oxygens (including phenoxy) is 1. The van der Waals surface area contributed by atoms with Crippen LogP contribution in [0.2, 0.25) is 0 Å². The van der Waals surface area contributed by atoms with E-state index >= 15 is 0 Å². The Labute approximate surface area is 153 Å². The summed E-state index contributed by atoms with van der Waals surface area (Å²) in [5.74, 6) is -0.970. The molecule has 0 atom stereocenters. The van der Waals surface area contributed by atoms with E-state index in [0.29, 0.717) is 5.13 Å². The van der Waals surface area contributed by atoms with Crippen molar-refractivity contribution in [3.05, 3.63) is 51.7 Å². The van der Waals surface area contributed by atoms with Crippen LogP contribution in [0.15, 0.2) is 35.0 Å². The fraction of sp³-hybridized carbons (Fsp3) is 0.167. The van der Waals surface area contributed by atoms with Crippen molar-refractivity contribution in [2.45, 2.75) is 13.8 Å². The molecule has 0 saturated heterocycles. The van der Waals surface area contributed by atoms with Crippen LogP contribution in [0.3, 0.4) is 0 Å². The minimum atomic E-state index is -0.558. The Morgan fingerprint density at radius 2 is 2.16 bits per heavy atom. The van der Waals surface area contributed by atoms with E-state index in [2.05, 4.69) is 16.4 Å². The Morgan fingerprint density at radius 1 is 1.32 bits per heavy atom. The summed E-state index contributed by atoms with van der Waals surface area (Å²) in [5, 5.41) is 7.00. The Kier molecular flexibility index (Phi) is 5.25. The maximum absolute atomic E-state index is 11.9. The van der Waals surface area contributed by atoms with E-state index in [4.69, 9.17) is 4.74 Å². The summed E-state index contributed by atoms with van der Waals surface area (Å²) in [5.41, 5.74) is 4.02. The van der Waals surface area contributed by atoms with Crippen LogP contribution in [0.5, 0.6) is 0 Å². The van der Waals surface area contributed by atoms with Gasteiger partial charge < -0.3 is 4.74 Å². The number of thiophene rings is 1. The van der Waals surface area contributed by atoms with Crippen molar-refractivity contribution in [3.63, 3.8) is 0 Å². The van der Waals surface area contributed by atoms with Crippen LogP contribution in [0.1, 0.15) is 16.7 Å². The van der Waals surface area contributed by atoms with Crippen molar-refractivity contribution < 1.29 is 14.3 Å². The van der Waals surface area contributed by atoms with Crippen LogP contribution in [0.4, 0.5) is 5.13 Å². The molecule has 3 rings (SSSR count). The van der Waals surface area contributed by atoms with Gasteiger partial charge in [-0.1, -0.05) is 17.4 Å². The molecule has 0 bridgehead atoms. The van der Waals surface area contributed by atoms with Gasteiger partial charge in [-0.15, -0.1) is 0 Å². The molecule has 3 aromatic rings. The largest absolute Gasteiger partial charge is 0.452 e. The van der Waals surface area contributed by atoms with Crippen LogP contribution >= 0.6 is 22.7 Å². The molecule has 0 fully saturated rings. The minimum Gasteiger partial charge on any atom is -0.452 e. The summed E-state index contributed by atoms with van der Waals surface area (Å²) < 4.78 is 5.95. The van der Waals surface area contributed by atoms with Crippen molar-refractivity contribution in [2.75, 3.05) is 11.9 Å². The average molecular weight is 372 g/mol. The smallest absolute Gasteiger partial charge is 0.331 e. The summed E-state index contributed by atoms with van der Waals surface area (Å²) >= 11 is 2.94. The molecule has 0 unspecified atom stereocenters. The van der Waals surface area contributed by atoms with Gasteiger partial charge in [0, 0.05) is 6.08 Å². The number of carbonyl (C=O) groups excluding carboxylic acids is 2. The first-order chi connectivity index (χ1) is 12.0. The summed E-state index contributed by atoms with van der Waals surface area (Å²) in [6, 6.07) is 5.97. The average Bonchev–Trinajstić information content (AvgIpc) is 3.20. The number of carbonyl (C=O) groups is 2. The Bertz CT molecular complexity index is 943. The third-order valence-corrected chi connectivity index (χ3v) is 5.00. The van der Waals surface area contributed by atoms with Gasteiger partial charge in [0.2, 0.25) is 0 Å². The number of rotatable bonds is 5. The zero-order valence-corrected chi connectivity index (χ0v) is 15.4. The molecule has 0 spiro atoms. The maximum Gasteiger partial charge on any atom is 0.331 e. The predicted octanol–water partition coefficient (Wildman–Crippen LogP) is 4.17. The number of esters is 1. The quantitative estimate of drug-likeness (QED) is 0.539. The molecule has 1 N–H and O–H groups in total. The molecule has 128 valence electrons. The summed E-state index contributed by atoms with van der Waals surface area (Å²) in [7, 11) is 0. The van der Waals surface area contributed by atoms with Gasteiger partial charge in [0.25, 0.3) is 5.91 Å². The lowest BCUT2D eigenvalue weighted by atomic mass is 10.1. The topological polar surface area (TPSA) is 68.3 Å². The third kappa shape index (κ3) is 4.52. The fourth-order valence-electron chi connectivity index (χ4n) is 2.30. The first-order valence-electron chi connectivity index (χ1n) is 7.56. The van der Waals surface area contributed by atoms with E-state index in [9.17, 15) is 9.59 Å². The number of hydrogen-bond acceptors (Lipinski definition) is 6. The number of anilines is 1. The van der Waals surface area contributed by atoms with Gasteiger partial charge in [-0.25, -0.2) is 9.78 Å². The van der Waals surface area contributed by atoms with Gasteiger partial charge in [0.05, 0.1) is 10.2 Å². The molecule has 2 aromatic heterocycles. The lowest BCUT2D eigenvalue weighted by Crippen LogP contribution is -2.19. The number of aryl methyl sites for hydroxylation is 2. The number of fused-ring (bicyclic) bond motifs is 1. The zero-order chi connectivity index (χ0) is 17.8. The second-order valence-electron chi connectivity index (χ2n) is 5.49. The van der Waals surface area contributed by atoms with Crippen LogP contribution in [-0.2, 0) is 14.3 Å². The normalized spacial score (nSPS) is 11.1. The molecule has 0 aliphatic carbocycles. The van der Waals surface area contributed by atoms with Gasteiger partial charge in [-0.05, 0) is 59.5 Å². The first-order valence-corrected chi connectivity index (χ1v) is 9.32. The predicted molar refractivity (Wildman–Crippen MR) is 102 cm³/mol. The number of benzene rings is 1. The molecular weight excluding hydrogens is 356 g/mol. The molecule has 0 radical (unpaired) electrons. The molecule has 5 nitrogen and oxygen atoms in total. The van der Waals surface area contributed by atoms with Crippen LogP contribution in [0.25, 0.3) is 16.3 Å². The van der Waals surface area contributed by atoms with E-state index in [0.717, 1.165) is 26.9 Å². The zero-order valence-electron chi connectivity index (χ0n) is 13.7. The monoisotopic (exact) mass is 372 g/mol. The van der Waals surface area contributed by atoms with E-state index < -0.39 is 11.9 Å². The van der Waals surface area contributed by atoms with E-state index in [-0.39, 0.29) is 6.61 Å². The molecule has 1 aromatic carbocycles. The number of hydrogen-bond donors (Lipinski definition) is 1. The van der Waals surface area contributed by atoms with Gasteiger partial charge in [-0.3, -0.25) is 10.1 Å². The molecule has 2 heterocycles. The molecule has 25 heavy (non-hydrogen) atoms. The number of nitrogens with one attached hydrogen (secondary N) is 1. The SMILES string of the molecule is Cc1cc(C)c2nc(NC(=O)COC(=O)/C=C/c3ccsc3)sc2c1. The molecule has 0 saturated carbocycles. The lowest BCUT2D eigenvalue weighted by Gasteiger charge is -2.01. The second kappa shape index (κ2) is 7.58. The van der Waals surface area contributed by atoms with Crippen molar-refractivity contribution in [1.29, 1.82) is 0 Å². The minimum absolute atomic E-state index is 0.346. The van der Waals surface area contributed by atoms with E-state index in [1.807, 2.05) is 36.7 Å². The van der Waals surface area contributed by atoms with Crippen LogP contribution in [0, 0.1) is 13.8 Å². The Morgan fingerprint density at radius 3 is 2.92 bits per heavy atom. The highest BCUT2D eigenvalue weighted by Gasteiger charge is 2.11. The number of amides is 1. The van der Waals surface area contributed by atoms with Crippen molar-refractivity contribution >= 4 is 56.0 Å². The highest BCUT2D eigenvalue weighted by Crippen LogP contribution is 2.29. The summed E-state index contributed by atoms with van der Waals surface area (Å²) in [6.07, 6.45) is 2.95. The first kappa shape index (κ1) is 17.3. The molecule has 0 aliphatic rings.